The Morgan fingerprint density at radius 1 is 1.18 bits per heavy atom. The van der Waals surface area contributed by atoms with Gasteiger partial charge in [0, 0.05) is 4.83 Å². The molecule has 0 saturated carbocycles. The van der Waals surface area contributed by atoms with Crippen LogP contribution in [0.5, 0.6) is 5.75 Å². The summed E-state index contributed by atoms with van der Waals surface area (Å²) in [5, 5.41) is 0. The van der Waals surface area contributed by atoms with Crippen molar-refractivity contribution in [2.24, 2.45) is 0 Å². The maximum atomic E-state index is 5.34. The fraction of sp³-hybridized carbons (Fsp3) is 0.600. The lowest BCUT2D eigenvalue weighted by Gasteiger charge is -2.13. The first-order chi connectivity index (χ1) is 8.08. The molecule has 0 fully saturated rings. The van der Waals surface area contributed by atoms with Crippen LogP contribution in [0.15, 0.2) is 12.1 Å². The summed E-state index contributed by atoms with van der Waals surface area (Å²) < 4.78 is 5.34. The van der Waals surface area contributed by atoms with Crippen molar-refractivity contribution in [3.05, 3.63) is 28.8 Å². The Balaban J connectivity index is 2.68. The Morgan fingerprint density at radius 2 is 1.88 bits per heavy atom. The van der Waals surface area contributed by atoms with Crippen molar-refractivity contribution in [3.8, 4) is 5.75 Å². The predicted molar refractivity (Wildman–Crippen MR) is 78.4 cm³/mol. The van der Waals surface area contributed by atoms with E-state index in [4.69, 9.17) is 4.74 Å². The van der Waals surface area contributed by atoms with Crippen LogP contribution in [-0.4, -0.2) is 11.9 Å². The van der Waals surface area contributed by atoms with Crippen molar-refractivity contribution in [3.63, 3.8) is 0 Å². The second-order valence-corrected chi connectivity index (χ2v) is 5.97. The first-order valence-corrected chi connectivity index (χ1v) is 7.28. The average Bonchev–Trinajstić information content (AvgIpc) is 2.30. The fourth-order valence-electron chi connectivity index (χ4n) is 2.11. The van der Waals surface area contributed by atoms with Crippen LogP contribution in [0, 0.1) is 13.8 Å². The third kappa shape index (κ3) is 4.34. The fourth-order valence-corrected chi connectivity index (χ4v) is 2.80. The summed E-state index contributed by atoms with van der Waals surface area (Å²) in [6.07, 6.45) is 4.86. The Bertz CT molecular complexity index is 360. The molecule has 0 aromatic heterocycles. The minimum Gasteiger partial charge on any atom is -0.496 e. The van der Waals surface area contributed by atoms with Crippen molar-refractivity contribution in [2.45, 2.75) is 51.3 Å². The van der Waals surface area contributed by atoms with Gasteiger partial charge in [0.2, 0.25) is 0 Å². The molecule has 0 radical (unpaired) electrons. The summed E-state index contributed by atoms with van der Waals surface area (Å²) in [6, 6.07) is 4.41. The maximum Gasteiger partial charge on any atom is 0.122 e. The Hall–Kier alpha value is -0.500. The minimum absolute atomic E-state index is 0.648. The van der Waals surface area contributed by atoms with E-state index in [1.807, 2.05) is 0 Å². The highest BCUT2D eigenvalue weighted by Crippen LogP contribution is 2.24. The molecule has 1 aromatic rings. The number of methoxy groups -OCH3 is 1. The molecule has 2 heteroatoms. The van der Waals surface area contributed by atoms with E-state index in [-0.39, 0.29) is 0 Å². The molecule has 1 atom stereocenters. The van der Waals surface area contributed by atoms with Gasteiger partial charge >= 0.3 is 0 Å². The normalized spacial score (nSPS) is 12.5. The van der Waals surface area contributed by atoms with Gasteiger partial charge in [-0.1, -0.05) is 35.3 Å². The highest BCUT2D eigenvalue weighted by molar-refractivity contribution is 9.09. The van der Waals surface area contributed by atoms with Gasteiger partial charge in [-0.2, -0.15) is 0 Å². The van der Waals surface area contributed by atoms with Crippen molar-refractivity contribution < 1.29 is 4.74 Å². The lowest BCUT2D eigenvalue weighted by molar-refractivity contribution is 0.411. The largest absolute Gasteiger partial charge is 0.496 e. The van der Waals surface area contributed by atoms with Crippen LogP contribution in [-0.2, 0) is 6.42 Å². The summed E-state index contributed by atoms with van der Waals surface area (Å²) >= 11 is 3.74. The van der Waals surface area contributed by atoms with Gasteiger partial charge in [0.25, 0.3) is 0 Å². The molecule has 0 aliphatic heterocycles. The molecule has 1 unspecified atom stereocenters. The predicted octanol–water partition coefficient (Wildman–Crippen LogP) is 4.81. The molecule has 1 nitrogen and oxygen atoms in total. The number of ether oxygens (including phenoxy) is 1. The second-order valence-electron chi connectivity index (χ2n) is 4.67. The van der Waals surface area contributed by atoms with Crippen LogP contribution >= 0.6 is 15.9 Å². The van der Waals surface area contributed by atoms with E-state index < -0.39 is 0 Å². The van der Waals surface area contributed by atoms with E-state index in [0.717, 1.165) is 12.2 Å². The SMILES string of the molecule is CCCC(Br)CCc1cc(C)c(OC)cc1C. The van der Waals surface area contributed by atoms with Crippen molar-refractivity contribution in [1.29, 1.82) is 0 Å². The molecule has 0 saturated heterocycles. The molecule has 0 amide bonds. The van der Waals surface area contributed by atoms with Gasteiger partial charge in [-0.3, -0.25) is 0 Å². The molecule has 96 valence electrons. The summed E-state index contributed by atoms with van der Waals surface area (Å²) in [6.45, 7) is 6.51. The number of hydrogen-bond donors (Lipinski definition) is 0. The smallest absolute Gasteiger partial charge is 0.122 e. The van der Waals surface area contributed by atoms with Gasteiger partial charge in [-0.05, 0) is 55.9 Å². The third-order valence-corrected chi connectivity index (χ3v) is 4.10. The summed E-state index contributed by atoms with van der Waals surface area (Å²) in [5.41, 5.74) is 4.02. The van der Waals surface area contributed by atoms with Gasteiger partial charge in [0.1, 0.15) is 5.75 Å². The molecule has 0 spiro atoms. The molecule has 1 rings (SSSR count). The lowest BCUT2D eigenvalue weighted by Crippen LogP contribution is -2.01. The first kappa shape index (κ1) is 14.6. The van der Waals surface area contributed by atoms with E-state index in [1.54, 1.807) is 7.11 Å². The third-order valence-electron chi connectivity index (χ3n) is 3.18. The van der Waals surface area contributed by atoms with E-state index in [0.29, 0.717) is 4.83 Å². The van der Waals surface area contributed by atoms with E-state index in [2.05, 4.69) is 48.8 Å². The number of hydrogen-bond acceptors (Lipinski definition) is 1. The van der Waals surface area contributed by atoms with Crippen LogP contribution < -0.4 is 4.74 Å². The van der Waals surface area contributed by atoms with Gasteiger partial charge in [0.15, 0.2) is 0 Å². The van der Waals surface area contributed by atoms with Crippen LogP contribution in [0.1, 0.15) is 42.9 Å². The van der Waals surface area contributed by atoms with Crippen LogP contribution in [0.4, 0.5) is 0 Å². The number of halogens is 1. The van der Waals surface area contributed by atoms with Crippen molar-refractivity contribution in [2.75, 3.05) is 7.11 Å². The highest BCUT2D eigenvalue weighted by atomic mass is 79.9. The van der Waals surface area contributed by atoms with Gasteiger partial charge in [0.05, 0.1) is 7.11 Å². The standard InChI is InChI=1S/C15H23BrO/c1-5-6-14(16)8-7-13-9-12(3)15(17-4)10-11(13)2/h9-10,14H,5-8H2,1-4H3. The number of aryl methyl sites for hydroxylation is 3. The molecule has 0 aliphatic rings. The first-order valence-electron chi connectivity index (χ1n) is 6.36. The van der Waals surface area contributed by atoms with Crippen molar-refractivity contribution >= 4 is 15.9 Å². The summed E-state index contributed by atoms with van der Waals surface area (Å²) in [4.78, 5) is 0.648. The zero-order valence-corrected chi connectivity index (χ0v) is 12.9. The number of benzene rings is 1. The quantitative estimate of drug-likeness (QED) is 0.685. The number of alkyl halides is 1. The molecule has 1 aromatic carbocycles. The minimum atomic E-state index is 0.648. The molecule has 17 heavy (non-hydrogen) atoms. The maximum absolute atomic E-state index is 5.34. The Kier molecular flexibility index (Phi) is 6.04. The zero-order chi connectivity index (χ0) is 12.8. The van der Waals surface area contributed by atoms with E-state index >= 15 is 0 Å². The highest BCUT2D eigenvalue weighted by Gasteiger charge is 2.07. The lowest BCUT2D eigenvalue weighted by atomic mass is 9.99. The number of rotatable bonds is 6. The van der Waals surface area contributed by atoms with Crippen LogP contribution in [0.3, 0.4) is 0 Å². The van der Waals surface area contributed by atoms with Gasteiger partial charge < -0.3 is 4.74 Å². The molecule has 0 N–H and O–H groups in total. The Morgan fingerprint density at radius 3 is 2.47 bits per heavy atom. The summed E-state index contributed by atoms with van der Waals surface area (Å²) in [7, 11) is 1.73. The van der Waals surface area contributed by atoms with Crippen LogP contribution in [0.2, 0.25) is 0 Å². The van der Waals surface area contributed by atoms with E-state index in [1.165, 1.54) is 36.0 Å². The molecule has 0 bridgehead atoms. The molecular formula is C15H23BrO. The van der Waals surface area contributed by atoms with E-state index in [9.17, 15) is 0 Å². The molecular weight excluding hydrogens is 276 g/mol. The zero-order valence-electron chi connectivity index (χ0n) is 11.3. The van der Waals surface area contributed by atoms with Gasteiger partial charge in [-0.25, -0.2) is 0 Å². The molecule has 0 aliphatic carbocycles. The topological polar surface area (TPSA) is 9.23 Å². The van der Waals surface area contributed by atoms with Gasteiger partial charge in [-0.15, -0.1) is 0 Å². The average molecular weight is 299 g/mol. The summed E-state index contributed by atoms with van der Waals surface area (Å²) in [5.74, 6) is 0.996. The van der Waals surface area contributed by atoms with Crippen molar-refractivity contribution in [1.82, 2.24) is 0 Å². The van der Waals surface area contributed by atoms with Crippen LogP contribution in [0.25, 0.3) is 0 Å². The monoisotopic (exact) mass is 298 g/mol. The second kappa shape index (κ2) is 7.05. The Labute approximate surface area is 114 Å². The molecule has 0 heterocycles.